The fourth-order valence-corrected chi connectivity index (χ4v) is 6.06. The zero-order valence-electron chi connectivity index (χ0n) is 32.8. The molecule has 0 spiro atoms. The smallest absolute Gasteiger partial charge is 0.326 e. The lowest BCUT2D eigenvalue weighted by molar-refractivity contribution is -0.143. The molecule has 1 aliphatic rings. The van der Waals surface area contributed by atoms with E-state index >= 15 is 0 Å². The van der Waals surface area contributed by atoms with Crippen LogP contribution in [-0.4, -0.2) is 144 Å². The van der Waals surface area contributed by atoms with E-state index in [1.807, 2.05) is 20.1 Å². The molecule has 21 heteroatoms. The summed E-state index contributed by atoms with van der Waals surface area (Å²) in [6, 6.07) is -8.40. The highest BCUT2D eigenvalue weighted by molar-refractivity contribution is 7.98. The van der Waals surface area contributed by atoms with Crippen LogP contribution in [0, 0.1) is 5.92 Å². The van der Waals surface area contributed by atoms with Crippen molar-refractivity contribution in [1.29, 1.82) is 0 Å². The van der Waals surface area contributed by atoms with Gasteiger partial charge in [0.1, 0.15) is 36.4 Å². The first-order valence-electron chi connectivity index (χ1n) is 18.7. The number of primary amides is 1. The average molecular weight is 818 g/mol. The van der Waals surface area contributed by atoms with Crippen molar-refractivity contribution in [3.63, 3.8) is 0 Å². The van der Waals surface area contributed by atoms with Crippen LogP contribution in [0.25, 0.3) is 0 Å². The van der Waals surface area contributed by atoms with Gasteiger partial charge >= 0.3 is 5.97 Å². The van der Waals surface area contributed by atoms with Gasteiger partial charge in [-0.25, -0.2) is 4.79 Å². The number of nitrogens with one attached hydrogen (secondary N) is 7. The maximum atomic E-state index is 13.8. The number of rotatable bonds is 18. The van der Waals surface area contributed by atoms with Crippen molar-refractivity contribution in [3.05, 3.63) is 12.3 Å². The second-order valence-corrected chi connectivity index (χ2v) is 14.7. The number of thioether (sulfide) groups is 1. The van der Waals surface area contributed by atoms with Gasteiger partial charge in [-0.2, -0.15) is 11.8 Å². The third-order valence-electron chi connectivity index (χ3n) is 9.44. The summed E-state index contributed by atoms with van der Waals surface area (Å²) < 4.78 is 5.59. The molecule has 9 atom stereocenters. The van der Waals surface area contributed by atoms with Crippen LogP contribution >= 0.6 is 11.8 Å². The van der Waals surface area contributed by atoms with Crippen molar-refractivity contribution in [2.45, 2.75) is 120 Å². The molecule has 0 aromatic carbocycles. The zero-order valence-corrected chi connectivity index (χ0v) is 33.6. The molecule has 0 aliphatic carbocycles. The van der Waals surface area contributed by atoms with E-state index in [0.717, 1.165) is 0 Å². The number of carbonyl (C=O) groups is 7. The molecule has 20 nitrogen and oxygen atoms in total. The first-order chi connectivity index (χ1) is 26.5. The van der Waals surface area contributed by atoms with E-state index in [9.17, 15) is 48.9 Å². The van der Waals surface area contributed by atoms with Gasteiger partial charge in [0.25, 0.3) is 0 Å². The molecule has 320 valence electrons. The van der Waals surface area contributed by atoms with Gasteiger partial charge < -0.3 is 63.4 Å². The van der Waals surface area contributed by atoms with Crippen molar-refractivity contribution in [3.8, 4) is 0 Å². The summed E-state index contributed by atoms with van der Waals surface area (Å²) in [5.41, 5.74) is 11.4. The van der Waals surface area contributed by atoms with Crippen molar-refractivity contribution < 1.29 is 53.6 Å². The topological polar surface area (TPSA) is 326 Å². The van der Waals surface area contributed by atoms with Gasteiger partial charge in [0, 0.05) is 19.2 Å². The first kappa shape index (κ1) is 50.0. The minimum atomic E-state index is -1.63. The normalized spacial score (nSPS) is 24.0. The molecule has 0 radical (unpaired) electrons. The highest BCUT2D eigenvalue weighted by Gasteiger charge is 2.33. The maximum absolute atomic E-state index is 13.8. The van der Waals surface area contributed by atoms with Crippen LogP contribution in [0.5, 0.6) is 0 Å². The number of ether oxygens (including phenoxy) is 1. The maximum Gasteiger partial charge on any atom is 0.326 e. The highest BCUT2D eigenvalue weighted by atomic mass is 32.2. The van der Waals surface area contributed by atoms with Crippen molar-refractivity contribution in [2.24, 2.45) is 17.4 Å². The van der Waals surface area contributed by atoms with Crippen LogP contribution < -0.4 is 48.7 Å². The fourth-order valence-electron chi connectivity index (χ4n) is 5.59. The predicted molar refractivity (Wildman–Crippen MR) is 208 cm³/mol. The number of nitrogens with two attached hydrogens (primary N) is 2. The minimum absolute atomic E-state index is 0.0447. The number of hydrogen-bond acceptors (Lipinski definition) is 14. The molecule has 56 heavy (non-hydrogen) atoms. The summed E-state index contributed by atoms with van der Waals surface area (Å²) in [6.45, 7) is 6.47. The third-order valence-corrected chi connectivity index (χ3v) is 10.1. The molecular formula is C35H63N9O11S. The number of carboxylic acid groups (broad SMARTS) is 1. The van der Waals surface area contributed by atoms with Crippen LogP contribution in [-0.2, 0) is 38.3 Å². The summed E-state index contributed by atoms with van der Waals surface area (Å²) in [5.74, 6) is -5.58. The summed E-state index contributed by atoms with van der Waals surface area (Å²) in [4.78, 5) is 89.7. The molecule has 5 unspecified atom stereocenters. The summed E-state index contributed by atoms with van der Waals surface area (Å²) in [5, 5.41) is 48.5. The number of aliphatic carboxylic acids is 1. The molecule has 14 N–H and O–H groups in total. The van der Waals surface area contributed by atoms with Gasteiger partial charge in [-0.3, -0.25) is 34.1 Å². The van der Waals surface area contributed by atoms with Crippen molar-refractivity contribution in [1.82, 2.24) is 37.2 Å². The van der Waals surface area contributed by atoms with Gasteiger partial charge in [-0.15, -0.1) is 0 Å². The van der Waals surface area contributed by atoms with E-state index < -0.39 is 103 Å². The van der Waals surface area contributed by atoms with Gasteiger partial charge in [0.15, 0.2) is 0 Å². The van der Waals surface area contributed by atoms with E-state index in [1.54, 1.807) is 0 Å². The number of carbonyl (C=O) groups excluding carboxylic acids is 6. The average Bonchev–Trinajstić information content (AvgIpc) is 3.17. The lowest BCUT2D eigenvalue weighted by Crippen LogP contribution is -2.59. The van der Waals surface area contributed by atoms with E-state index in [1.165, 1.54) is 18.9 Å². The molecule has 0 saturated carbocycles. The number of hydrogen-bond donors (Lipinski definition) is 12. The number of carboxylic acids is 1. The van der Waals surface area contributed by atoms with Gasteiger partial charge in [-0.05, 0) is 69.4 Å². The SMILES string of the molecule is C=C1N[C@@H](CO)C(=O)NC(C(=O)N[C@@H](CO)C(=O)NC(CCC(N)=O)C(=O)O)CCCCNC(OC)CCC(NC(=O)C(N)[C@@H](C)CC)C(=O)N[C@H]1CCSC. The van der Waals surface area contributed by atoms with E-state index in [0.29, 0.717) is 44.4 Å². The van der Waals surface area contributed by atoms with Crippen LogP contribution in [0.1, 0.15) is 71.6 Å². The Balaban J connectivity index is 3.36. The van der Waals surface area contributed by atoms with Crippen LogP contribution in [0.15, 0.2) is 12.3 Å². The van der Waals surface area contributed by atoms with Gasteiger partial charge in [0.05, 0.1) is 25.3 Å². The number of amides is 6. The number of aliphatic hydroxyl groups is 2. The van der Waals surface area contributed by atoms with Crippen LogP contribution in [0.2, 0.25) is 0 Å². The van der Waals surface area contributed by atoms with Gasteiger partial charge in [0.2, 0.25) is 35.4 Å². The lowest BCUT2D eigenvalue weighted by Gasteiger charge is -2.30. The van der Waals surface area contributed by atoms with E-state index in [-0.39, 0.29) is 37.3 Å². The lowest BCUT2D eigenvalue weighted by atomic mass is 9.98. The van der Waals surface area contributed by atoms with Crippen LogP contribution in [0.3, 0.4) is 0 Å². The summed E-state index contributed by atoms with van der Waals surface area (Å²) in [7, 11) is 1.49. The molecule has 1 heterocycles. The first-order valence-corrected chi connectivity index (χ1v) is 20.1. The third kappa shape index (κ3) is 17.8. The Bertz CT molecular complexity index is 1330. The number of aliphatic hydroxyl groups excluding tert-OH is 2. The number of methoxy groups -OCH3 is 1. The molecule has 0 aromatic heterocycles. The Morgan fingerprint density at radius 2 is 1.68 bits per heavy atom. The molecule has 1 aliphatic heterocycles. The Labute approximate surface area is 332 Å². The molecule has 1 saturated heterocycles. The predicted octanol–water partition coefficient (Wildman–Crippen LogP) is -3.13. The summed E-state index contributed by atoms with van der Waals surface area (Å²) >= 11 is 1.50. The Morgan fingerprint density at radius 1 is 0.982 bits per heavy atom. The highest BCUT2D eigenvalue weighted by Crippen LogP contribution is 2.13. The standard InChI is InChI=1S/C35H63N9O11S/c1-6-19(2)29(37)34(52)42-23-11-13-28(55-4)38-15-8-7-9-22(30(48)44-26(18-46)33(51)43-24(35(53)54)10-12-27(36)47)41-32(50)25(17-45)39-20(3)21(14-16-56-5)40-31(23)49/h19,21-26,28-29,38-39,45-46H,3,6-18,37H2,1-2,4-5H3,(H2,36,47)(H,40,49)(H,41,50)(H,42,52)(H,43,51)(H,44,48)(H,53,54)/t19-,21-,22?,23?,24?,25-,26-,28?,29?/m0/s1. The van der Waals surface area contributed by atoms with Gasteiger partial charge in [-0.1, -0.05) is 26.8 Å². The molecule has 1 rings (SSSR count). The molecule has 6 amide bonds. The molecular weight excluding hydrogens is 755 g/mol. The molecule has 0 bridgehead atoms. The molecule has 0 aromatic rings. The fraction of sp³-hybridized carbons (Fsp3) is 0.743. The zero-order chi connectivity index (χ0) is 42.4. The van der Waals surface area contributed by atoms with Crippen molar-refractivity contribution >= 4 is 53.2 Å². The van der Waals surface area contributed by atoms with Crippen LogP contribution in [0.4, 0.5) is 0 Å². The quantitative estimate of drug-likeness (QED) is 0.0651. The van der Waals surface area contributed by atoms with Crippen molar-refractivity contribution in [2.75, 3.05) is 38.9 Å². The Morgan fingerprint density at radius 3 is 2.25 bits per heavy atom. The summed E-state index contributed by atoms with van der Waals surface area (Å²) in [6.07, 6.45) is 3.02. The second kappa shape index (κ2) is 26.8. The van der Waals surface area contributed by atoms with E-state index in [4.69, 9.17) is 16.2 Å². The Hall–Kier alpha value is -4.02. The largest absolute Gasteiger partial charge is 0.480 e. The van der Waals surface area contributed by atoms with E-state index in [2.05, 4.69) is 43.8 Å². The second-order valence-electron chi connectivity index (χ2n) is 13.7. The molecule has 1 fully saturated rings. The monoisotopic (exact) mass is 817 g/mol. The minimum Gasteiger partial charge on any atom is -0.480 e. The Kier molecular flexibility index (Phi) is 23.9.